The molecule has 108 valence electrons. The van der Waals surface area contributed by atoms with Gasteiger partial charge in [0.15, 0.2) is 5.69 Å². The highest BCUT2D eigenvalue weighted by Gasteiger charge is 2.37. The van der Waals surface area contributed by atoms with Gasteiger partial charge in [0.25, 0.3) is 5.91 Å². The molecule has 0 aliphatic rings. The van der Waals surface area contributed by atoms with Gasteiger partial charge in [0, 0.05) is 18.7 Å². The molecule has 0 spiro atoms. The van der Waals surface area contributed by atoms with Crippen LogP contribution in [0.15, 0.2) is 10.6 Å². The minimum Gasteiger partial charge on any atom is -0.351 e. The molecule has 0 atom stereocenters. The molecule has 0 saturated carbocycles. The van der Waals surface area contributed by atoms with Crippen molar-refractivity contribution in [1.29, 1.82) is 0 Å². The second-order valence-corrected chi connectivity index (χ2v) is 4.23. The Labute approximate surface area is 111 Å². The first-order valence-corrected chi connectivity index (χ1v) is 5.55. The van der Waals surface area contributed by atoms with Crippen molar-refractivity contribution in [3.8, 4) is 0 Å². The van der Waals surface area contributed by atoms with Gasteiger partial charge < -0.3 is 9.84 Å². The third-order valence-corrected chi connectivity index (χ3v) is 2.64. The van der Waals surface area contributed by atoms with Gasteiger partial charge in [-0.1, -0.05) is 5.16 Å². The van der Waals surface area contributed by atoms with Gasteiger partial charge in [0.1, 0.15) is 5.82 Å². The lowest BCUT2D eigenvalue weighted by Crippen LogP contribution is -2.14. The summed E-state index contributed by atoms with van der Waals surface area (Å²) < 4.78 is 43.8. The zero-order chi connectivity index (χ0) is 15.1. The molecule has 0 saturated heterocycles. The van der Waals surface area contributed by atoms with Crippen molar-refractivity contribution in [1.82, 2.24) is 14.9 Å². The van der Waals surface area contributed by atoms with Gasteiger partial charge in [-0.05, 0) is 13.8 Å². The van der Waals surface area contributed by atoms with Gasteiger partial charge >= 0.3 is 6.18 Å². The summed E-state index contributed by atoms with van der Waals surface area (Å²) in [6.07, 6.45) is -4.58. The van der Waals surface area contributed by atoms with Gasteiger partial charge in [-0.3, -0.25) is 9.48 Å². The summed E-state index contributed by atoms with van der Waals surface area (Å²) in [5.41, 5.74) is -0.707. The van der Waals surface area contributed by atoms with E-state index in [0.29, 0.717) is 5.69 Å². The Morgan fingerprint density at radius 1 is 1.40 bits per heavy atom. The lowest BCUT2D eigenvalue weighted by Gasteiger charge is -2.05. The van der Waals surface area contributed by atoms with Crippen LogP contribution in [0.5, 0.6) is 0 Å². The number of hydrogen-bond acceptors (Lipinski definition) is 4. The Bertz CT molecular complexity index is 657. The van der Waals surface area contributed by atoms with Crippen LogP contribution >= 0.6 is 0 Å². The number of hydrogen-bond donors (Lipinski definition) is 1. The maximum Gasteiger partial charge on any atom is 0.435 e. The Hall–Kier alpha value is -2.32. The van der Waals surface area contributed by atoms with E-state index < -0.39 is 17.8 Å². The number of halogens is 3. The van der Waals surface area contributed by atoms with Crippen LogP contribution in [0.25, 0.3) is 0 Å². The zero-order valence-electron chi connectivity index (χ0n) is 10.9. The van der Waals surface area contributed by atoms with Crippen LogP contribution in [0.4, 0.5) is 19.0 Å². The maximum atomic E-state index is 12.7. The molecule has 2 heterocycles. The minimum absolute atomic E-state index is 0.0450. The van der Waals surface area contributed by atoms with E-state index in [1.54, 1.807) is 6.92 Å². The fourth-order valence-corrected chi connectivity index (χ4v) is 1.71. The third kappa shape index (κ3) is 2.51. The number of aryl methyl sites for hydroxylation is 2. The van der Waals surface area contributed by atoms with Crippen molar-refractivity contribution >= 4 is 11.7 Å². The van der Waals surface area contributed by atoms with Crippen molar-refractivity contribution in [3.63, 3.8) is 0 Å². The van der Waals surface area contributed by atoms with Gasteiger partial charge in [-0.2, -0.15) is 18.3 Å². The van der Waals surface area contributed by atoms with E-state index >= 15 is 0 Å². The van der Waals surface area contributed by atoms with E-state index in [9.17, 15) is 18.0 Å². The summed E-state index contributed by atoms with van der Waals surface area (Å²) in [7, 11) is 1.31. The average Bonchev–Trinajstić information content (AvgIpc) is 2.87. The monoisotopic (exact) mass is 288 g/mol. The van der Waals surface area contributed by atoms with Gasteiger partial charge in [-0.15, -0.1) is 0 Å². The molecule has 2 aromatic rings. The van der Waals surface area contributed by atoms with Crippen LogP contribution in [0.2, 0.25) is 0 Å². The molecule has 0 fully saturated rings. The summed E-state index contributed by atoms with van der Waals surface area (Å²) in [5.74, 6) is -0.821. The number of alkyl halides is 3. The van der Waals surface area contributed by atoms with E-state index in [1.165, 1.54) is 20.0 Å². The molecule has 0 bridgehead atoms. The summed E-state index contributed by atoms with van der Waals surface area (Å²) >= 11 is 0. The standard InChI is InChI=1S/C11H11F3N4O2/c1-5-4-7(20-17-5)10(19)15-9-6(2)8(11(12,13)14)16-18(9)3/h4H,1-3H3,(H,15,19). The van der Waals surface area contributed by atoms with Gasteiger partial charge in [0.2, 0.25) is 5.76 Å². The highest BCUT2D eigenvalue weighted by atomic mass is 19.4. The molecule has 0 aliphatic heterocycles. The molecule has 9 heteroatoms. The van der Waals surface area contributed by atoms with Crippen LogP contribution < -0.4 is 5.32 Å². The number of carbonyl (C=O) groups is 1. The predicted octanol–water partition coefficient (Wildman–Crippen LogP) is 2.30. The molecular weight excluding hydrogens is 277 g/mol. The number of carbonyl (C=O) groups excluding carboxylic acids is 1. The largest absolute Gasteiger partial charge is 0.435 e. The molecule has 0 radical (unpaired) electrons. The van der Waals surface area contributed by atoms with Gasteiger partial charge in [-0.25, -0.2) is 0 Å². The van der Waals surface area contributed by atoms with E-state index in [0.717, 1.165) is 4.68 Å². The number of rotatable bonds is 2. The van der Waals surface area contributed by atoms with Crippen molar-refractivity contribution in [3.05, 3.63) is 28.8 Å². The van der Waals surface area contributed by atoms with Crippen LogP contribution in [0.1, 0.15) is 27.5 Å². The number of amides is 1. The molecular formula is C11H11F3N4O2. The lowest BCUT2D eigenvalue weighted by atomic mass is 10.2. The first-order valence-electron chi connectivity index (χ1n) is 5.55. The highest BCUT2D eigenvalue weighted by molar-refractivity contribution is 6.02. The summed E-state index contributed by atoms with van der Waals surface area (Å²) in [5, 5.41) is 9.22. The quantitative estimate of drug-likeness (QED) is 0.920. The molecule has 0 unspecified atom stereocenters. The van der Waals surface area contributed by atoms with Crippen LogP contribution in [0.3, 0.4) is 0 Å². The van der Waals surface area contributed by atoms with Crippen molar-refractivity contribution < 1.29 is 22.5 Å². The third-order valence-electron chi connectivity index (χ3n) is 2.64. The molecule has 0 aromatic carbocycles. The number of anilines is 1. The second kappa shape index (κ2) is 4.66. The highest BCUT2D eigenvalue weighted by Crippen LogP contribution is 2.33. The zero-order valence-corrected chi connectivity index (χ0v) is 10.9. The number of aromatic nitrogens is 3. The van der Waals surface area contributed by atoms with Crippen molar-refractivity contribution in [2.75, 3.05) is 5.32 Å². The minimum atomic E-state index is -4.58. The summed E-state index contributed by atoms with van der Waals surface area (Å²) in [6, 6.07) is 1.38. The molecule has 20 heavy (non-hydrogen) atoms. The SMILES string of the molecule is Cc1cc(C(=O)Nc2c(C)c(C(F)(F)F)nn2C)on1. The summed E-state index contributed by atoms with van der Waals surface area (Å²) in [4.78, 5) is 11.8. The van der Waals surface area contributed by atoms with E-state index in [4.69, 9.17) is 4.52 Å². The average molecular weight is 288 g/mol. The molecule has 2 aromatic heterocycles. The number of nitrogens with one attached hydrogen (secondary N) is 1. The molecule has 1 amide bonds. The smallest absolute Gasteiger partial charge is 0.351 e. The van der Waals surface area contributed by atoms with Crippen LogP contribution in [-0.2, 0) is 13.2 Å². The topological polar surface area (TPSA) is 73.0 Å². The molecule has 2 rings (SSSR count). The lowest BCUT2D eigenvalue weighted by molar-refractivity contribution is -0.141. The van der Waals surface area contributed by atoms with Crippen LogP contribution in [0, 0.1) is 13.8 Å². The van der Waals surface area contributed by atoms with Crippen molar-refractivity contribution in [2.24, 2.45) is 7.05 Å². The van der Waals surface area contributed by atoms with Crippen LogP contribution in [-0.4, -0.2) is 20.8 Å². The first kappa shape index (κ1) is 14.1. The first-order chi connectivity index (χ1) is 9.20. The summed E-state index contributed by atoms with van der Waals surface area (Å²) in [6.45, 7) is 2.86. The normalized spacial score (nSPS) is 11.7. The Morgan fingerprint density at radius 3 is 2.50 bits per heavy atom. The fourth-order valence-electron chi connectivity index (χ4n) is 1.71. The maximum absolute atomic E-state index is 12.7. The molecule has 0 aliphatic carbocycles. The van der Waals surface area contributed by atoms with Gasteiger partial charge in [0.05, 0.1) is 5.69 Å². The second-order valence-electron chi connectivity index (χ2n) is 4.23. The Morgan fingerprint density at radius 2 is 2.05 bits per heavy atom. The van der Waals surface area contributed by atoms with E-state index in [1.807, 2.05) is 0 Å². The predicted molar refractivity (Wildman–Crippen MR) is 62.1 cm³/mol. The molecule has 1 N–H and O–H groups in total. The van der Waals surface area contributed by atoms with E-state index in [-0.39, 0.29) is 17.1 Å². The number of nitrogens with zero attached hydrogens (tertiary/aromatic N) is 3. The Balaban J connectivity index is 2.31. The Kier molecular flexibility index (Phi) is 3.28. The van der Waals surface area contributed by atoms with E-state index in [2.05, 4.69) is 15.6 Å². The van der Waals surface area contributed by atoms with Crippen molar-refractivity contribution in [2.45, 2.75) is 20.0 Å². The molecule has 6 nitrogen and oxygen atoms in total. The fraction of sp³-hybridized carbons (Fsp3) is 0.364.